The molecule has 2 nitrogen and oxygen atoms in total. The van der Waals surface area contributed by atoms with Crippen molar-refractivity contribution in [2.75, 3.05) is 20.3 Å². The van der Waals surface area contributed by atoms with E-state index in [0.717, 1.165) is 38.2 Å². The van der Waals surface area contributed by atoms with Crippen LogP contribution in [0.2, 0.25) is 0 Å². The number of ether oxygens (including phenoxy) is 2. The van der Waals surface area contributed by atoms with Crippen LogP contribution in [0.1, 0.15) is 42.9 Å². The van der Waals surface area contributed by atoms with Gasteiger partial charge in [0.15, 0.2) is 0 Å². The van der Waals surface area contributed by atoms with Crippen molar-refractivity contribution < 1.29 is 9.47 Å². The van der Waals surface area contributed by atoms with E-state index in [9.17, 15) is 0 Å². The van der Waals surface area contributed by atoms with Crippen LogP contribution in [0, 0.1) is 12.8 Å². The lowest BCUT2D eigenvalue weighted by Gasteiger charge is -2.18. The highest BCUT2D eigenvalue weighted by molar-refractivity contribution is 5.36. The monoisotopic (exact) mass is 340 g/mol. The molecule has 2 aromatic rings. The van der Waals surface area contributed by atoms with Crippen LogP contribution in [0.25, 0.3) is 0 Å². The van der Waals surface area contributed by atoms with E-state index in [1.54, 1.807) is 7.11 Å². The zero-order valence-corrected chi connectivity index (χ0v) is 16.0. The van der Waals surface area contributed by atoms with Gasteiger partial charge in [0, 0.05) is 13.2 Å². The van der Waals surface area contributed by atoms with Gasteiger partial charge in [-0.1, -0.05) is 48.0 Å². The van der Waals surface area contributed by atoms with Gasteiger partial charge in [-0.2, -0.15) is 0 Å². The molecule has 0 bridgehead atoms. The van der Waals surface area contributed by atoms with E-state index < -0.39 is 0 Å². The molecule has 0 aromatic heterocycles. The van der Waals surface area contributed by atoms with E-state index in [-0.39, 0.29) is 0 Å². The van der Waals surface area contributed by atoms with Crippen molar-refractivity contribution in [2.24, 2.45) is 5.92 Å². The van der Waals surface area contributed by atoms with Crippen molar-refractivity contribution in [3.05, 3.63) is 65.2 Å². The van der Waals surface area contributed by atoms with E-state index in [2.05, 4.69) is 62.4 Å². The lowest BCUT2D eigenvalue weighted by Crippen LogP contribution is -2.09. The van der Waals surface area contributed by atoms with Crippen molar-refractivity contribution in [1.82, 2.24) is 0 Å². The number of aryl methyl sites for hydroxylation is 2. The molecule has 0 aliphatic carbocycles. The van der Waals surface area contributed by atoms with Crippen molar-refractivity contribution in [2.45, 2.75) is 46.0 Å². The highest BCUT2D eigenvalue weighted by atomic mass is 16.5. The second-order valence-corrected chi connectivity index (χ2v) is 6.75. The Bertz CT molecular complexity index is 607. The summed E-state index contributed by atoms with van der Waals surface area (Å²) in [6, 6.07) is 17.3. The fraction of sp³-hybridized carbons (Fsp3) is 0.478. The summed E-state index contributed by atoms with van der Waals surface area (Å²) in [6.07, 6.45) is 5.75. The number of methoxy groups -OCH3 is 1. The van der Waals surface area contributed by atoms with Gasteiger partial charge in [0.25, 0.3) is 0 Å². The quantitative estimate of drug-likeness (QED) is 0.495. The number of rotatable bonds is 11. The van der Waals surface area contributed by atoms with E-state index in [4.69, 9.17) is 9.47 Å². The third kappa shape index (κ3) is 6.91. The number of hydrogen-bond donors (Lipinski definition) is 0. The van der Waals surface area contributed by atoms with Gasteiger partial charge in [-0.25, -0.2) is 0 Å². The molecule has 0 amide bonds. The molecule has 0 heterocycles. The number of hydrogen-bond acceptors (Lipinski definition) is 2. The standard InChI is InChI=1S/C23H32O2/c1-4-25-16-15-21(18-20-9-6-5-7-10-20)11-8-12-22-17-19(2)13-14-23(22)24-3/h5-7,9-10,13-14,17,21H,4,8,11-12,15-16,18H2,1-3H3. The minimum Gasteiger partial charge on any atom is -0.496 e. The molecule has 0 fully saturated rings. The summed E-state index contributed by atoms with van der Waals surface area (Å²) in [5.41, 5.74) is 4.05. The average Bonchev–Trinajstić information content (AvgIpc) is 2.63. The lowest BCUT2D eigenvalue weighted by atomic mass is 9.90. The molecule has 1 unspecified atom stereocenters. The van der Waals surface area contributed by atoms with Gasteiger partial charge in [-0.15, -0.1) is 0 Å². The zero-order valence-electron chi connectivity index (χ0n) is 16.0. The van der Waals surface area contributed by atoms with Crippen molar-refractivity contribution in [3.8, 4) is 5.75 Å². The Labute approximate surface area is 153 Å². The second kappa shape index (κ2) is 10.9. The molecule has 0 saturated carbocycles. The summed E-state index contributed by atoms with van der Waals surface area (Å²) in [6.45, 7) is 5.87. The maximum atomic E-state index is 5.60. The van der Waals surface area contributed by atoms with Crippen LogP contribution in [-0.2, 0) is 17.6 Å². The molecular formula is C23H32O2. The van der Waals surface area contributed by atoms with Crippen LogP contribution < -0.4 is 4.74 Å². The van der Waals surface area contributed by atoms with Gasteiger partial charge in [0.2, 0.25) is 0 Å². The lowest BCUT2D eigenvalue weighted by molar-refractivity contribution is 0.130. The Balaban J connectivity index is 1.91. The predicted octanol–water partition coefficient (Wildman–Crippen LogP) is 5.61. The van der Waals surface area contributed by atoms with Gasteiger partial charge in [0.1, 0.15) is 5.75 Å². The molecule has 0 saturated heterocycles. The average molecular weight is 341 g/mol. The van der Waals surface area contributed by atoms with Gasteiger partial charge in [0.05, 0.1) is 7.11 Å². The predicted molar refractivity (Wildman–Crippen MR) is 105 cm³/mol. The topological polar surface area (TPSA) is 18.5 Å². The van der Waals surface area contributed by atoms with Crippen molar-refractivity contribution in [3.63, 3.8) is 0 Å². The Hall–Kier alpha value is -1.80. The summed E-state index contributed by atoms with van der Waals surface area (Å²) in [4.78, 5) is 0. The Morgan fingerprint density at radius 1 is 1.00 bits per heavy atom. The van der Waals surface area contributed by atoms with E-state index in [1.807, 2.05) is 0 Å². The summed E-state index contributed by atoms with van der Waals surface area (Å²) in [5.74, 6) is 1.68. The molecule has 0 N–H and O–H groups in total. The largest absolute Gasteiger partial charge is 0.496 e. The van der Waals surface area contributed by atoms with Crippen LogP contribution in [0.15, 0.2) is 48.5 Å². The summed E-state index contributed by atoms with van der Waals surface area (Å²) in [5, 5.41) is 0. The molecular weight excluding hydrogens is 308 g/mol. The molecule has 25 heavy (non-hydrogen) atoms. The number of benzene rings is 2. The summed E-state index contributed by atoms with van der Waals surface area (Å²) >= 11 is 0. The Morgan fingerprint density at radius 3 is 2.52 bits per heavy atom. The van der Waals surface area contributed by atoms with E-state index in [1.165, 1.54) is 29.5 Å². The first-order chi connectivity index (χ1) is 12.2. The van der Waals surface area contributed by atoms with E-state index in [0.29, 0.717) is 5.92 Å². The van der Waals surface area contributed by atoms with Gasteiger partial charge >= 0.3 is 0 Å². The van der Waals surface area contributed by atoms with Gasteiger partial charge < -0.3 is 9.47 Å². The SMILES string of the molecule is CCOCCC(CCCc1cc(C)ccc1OC)Cc1ccccc1. The van der Waals surface area contributed by atoms with Crippen LogP contribution >= 0.6 is 0 Å². The Morgan fingerprint density at radius 2 is 1.80 bits per heavy atom. The molecule has 0 spiro atoms. The van der Waals surface area contributed by atoms with Crippen LogP contribution in [0.4, 0.5) is 0 Å². The minimum atomic E-state index is 0.671. The minimum absolute atomic E-state index is 0.671. The fourth-order valence-corrected chi connectivity index (χ4v) is 3.37. The van der Waals surface area contributed by atoms with Crippen LogP contribution in [0.5, 0.6) is 5.75 Å². The summed E-state index contributed by atoms with van der Waals surface area (Å²) in [7, 11) is 1.76. The third-order valence-electron chi connectivity index (χ3n) is 4.74. The molecule has 0 radical (unpaired) electrons. The maximum absolute atomic E-state index is 5.60. The van der Waals surface area contributed by atoms with Crippen molar-refractivity contribution in [1.29, 1.82) is 0 Å². The van der Waals surface area contributed by atoms with Crippen LogP contribution in [-0.4, -0.2) is 20.3 Å². The second-order valence-electron chi connectivity index (χ2n) is 6.75. The first-order valence-corrected chi connectivity index (χ1v) is 9.48. The molecule has 2 aromatic carbocycles. The maximum Gasteiger partial charge on any atom is 0.122 e. The third-order valence-corrected chi connectivity index (χ3v) is 4.74. The first-order valence-electron chi connectivity index (χ1n) is 9.48. The van der Waals surface area contributed by atoms with Gasteiger partial charge in [-0.3, -0.25) is 0 Å². The molecule has 0 aliphatic rings. The normalized spacial score (nSPS) is 12.1. The van der Waals surface area contributed by atoms with Crippen LogP contribution in [0.3, 0.4) is 0 Å². The highest BCUT2D eigenvalue weighted by Gasteiger charge is 2.11. The summed E-state index contributed by atoms with van der Waals surface area (Å²) < 4.78 is 11.1. The fourth-order valence-electron chi connectivity index (χ4n) is 3.37. The molecule has 1 atom stereocenters. The first kappa shape index (κ1) is 19.5. The van der Waals surface area contributed by atoms with Crippen molar-refractivity contribution >= 4 is 0 Å². The highest BCUT2D eigenvalue weighted by Crippen LogP contribution is 2.24. The van der Waals surface area contributed by atoms with E-state index >= 15 is 0 Å². The van der Waals surface area contributed by atoms with Gasteiger partial charge in [-0.05, 0) is 69.1 Å². The zero-order chi connectivity index (χ0) is 17.9. The molecule has 136 valence electrons. The molecule has 0 aliphatic heterocycles. The molecule has 2 heteroatoms. The molecule has 2 rings (SSSR count). The Kier molecular flexibility index (Phi) is 8.54. The smallest absolute Gasteiger partial charge is 0.122 e.